The summed E-state index contributed by atoms with van der Waals surface area (Å²) in [6.07, 6.45) is 2.88. The number of amides is 1. The number of carbonyl (C=O) groups excluding carboxylic acids is 1. The second-order valence-corrected chi connectivity index (χ2v) is 8.14. The van der Waals surface area contributed by atoms with E-state index in [0.717, 1.165) is 43.7 Å². The molecule has 4 heteroatoms. The van der Waals surface area contributed by atoms with E-state index < -0.39 is 0 Å². The fourth-order valence-corrected chi connectivity index (χ4v) is 4.12. The van der Waals surface area contributed by atoms with Crippen LogP contribution in [0.2, 0.25) is 0 Å². The summed E-state index contributed by atoms with van der Waals surface area (Å²) in [5, 5.41) is 0. The number of ether oxygens (including phenoxy) is 2. The Morgan fingerprint density at radius 2 is 1.85 bits per heavy atom. The van der Waals surface area contributed by atoms with Gasteiger partial charge in [-0.15, -0.1) is 0 Å². The van der Waals surface area contributed by atoms with E-state index in [-0.39, 0.29) is 18.1 Å². The molecule has 1 saturated heterocycles. The summed E-state index contributed by atoms with van der Waals surface area (Å²) in [5.74, 6) is 2.06. The first-order chi connectivity index (χ1) is 13.0. The van der Waals surface area contributed by atoms with Crippen LogP contribution in [0.25, 0.3) is 0 Å². The van der Waals surface area contributed by atoms with E-state index in [0.29, 0.717) is 11.7 Å². The Morgan fingerprint density at radius 1 is 1.11 bits per heavy atom. The Balaban J connectivity index is 1.32. The van der Waals surface area contributed by atoms with E-state index in [1.807, 2.05) is 23.1 Å². The Bertz CT molecular complexity index is 808. The minimum atomic E-state index is -0.217. The van der Waals surface area contributed by atoms with Crippen LogP contribution in [0.1, 0.15) is 43.7 Å². The van der Waals surface area contributed by atoms with E-state index >= 15 is 0 Å². The molecule has 0 radical (unpaired) electrons. The topological polar surface area (TPSA) is 38.8 Å². The first kappa shape index (κ1) is 17.9. The summed E-state index contributed by atoms with van der Waals surface area (Å²) < 4.78 is 11.9. The van der Waals surface area contributed by atoms with Gasteiger partial charge in [-0.2, -0.15) is 0 Å². The highest BCUT2D eigenvalue weighted by atomic mass is 16.5. The normalized spacial score (nSPS) is 18.7. The Kier molecular flexibility index (Phi) is 4.81. The lowest BCUT2D eigenvalue weighted by Crippen LogP contribution is -2.40. The number of carbonyl (C=O) groups is 1. The van der Waals surface area contributed by atoms with Crippen molar-refractivity contribution >= 4 is 5.91 Å². The van der Waals surface area contributed by atoms with Gasteiger partial charge in [0.25, 0.3) is 5.91 Å². The van der Waals surface area contributed by atoms with Crippen molar-refractivity contribution in [2.75, 3.05) is 19.7 Å². The molecule has 0 spiro atoms. The van der Waals surface area contributed by atoms with Crippen LogP contribution in [0.15, 0.2) is 48.5 Å². The highest BCUT2D eigenvalue weighted by Crippen LogP contribution is 2.41. The molecule has 4 rings (SSSR count). The standard InChI is InChI=1S/C23H27NO3/c1-23(2)15-19-9-6-10-20(22(19)27-23)26-16-21(25)24-13-11-18(12-14-24)17-7-4-3-5-8-17/h3-10,18H,11-16H2,1-2H3. The Hall–Kier alpha value is -2.49. The molecule has 2 aliphatic heterocycles. The minimum absolute atomic E-state index is 0.0522. The van der Waals surface area contributed by atoms with Crippen LogP contribution in [0.3, 0.4) is 0 Å². The zero-order valence-corrected chi connectivity index (χ0v) is 16.1. The molecule has 1 amide bonds. The number of fused-ring (bicyclic) bond motifs is 1. The van der Waals surface area contributed by atoms with Gasteiger partial charge in [0.1, 0.15) is 5.60 Å². The van der Waals surface area contributed by atoms with E-state index in [2.05, 4.69) is 44.2 Å². The SMILES string of the molecule is CC1(C)Cc2cccc(OCC(=O)N3CCC(c4ccccc4)CC3)c2O1. The van der Waals surface area contributed by atoms with E-state index in [1.54, 1.807) is 0 Å². The highest BCUT2D eigenvalue weighted by molar-refractivity contribution is 5.78. The molecule has 0 aromatic heterocycles. The lowest BCUT2D eigenvalue weighted by molar-refractivity contribution is -0.134. The third-order valence-electron chi connectivity index (χ3n) is 5.52. The summed E-state index contributed by atoms with van der Waals surface area (Å²) >= 11 is 0. The van der Waals surface area contributed by atoms with E-state index in [4.69, 9.17) is 9.47 Å². The lowest BCUT2D eigenvalue weighted by Gasteiger charge is -2.32. The average molecular weight is 365 g/mol. The Labute approximate surface area is 161 Å². The largest absolute Gasteiger partial charge is 0.483 e. The molecule has 0 atom stereocenters. The number of hydrogen-bond acceptors (Lipinski definition) is 3. The van der Waals surface area contributed by atoms with Crippen molar-refractivity contribution in [1.82, 2.24) is 4.90 Å². The zero-order chi connectivity index (χ0) is 18.9. The lowest BCUT2D eigenvalue weighted by atomic mass is 9.89. The maximum absolute atomic E-state index is 12.6. The van der Waals surface area contributed by atoms with Crippen LogP contribution >= 0.6 is 0 Å². The first-order valence-electron chi connectivity index (χ1n) is 9.78. The third kappa shape index (κ3) is 3.95. The van der Waals surface area contributed by atoms with Gasteiger partial charge in [-0.1, -0.05) is 42.5 Å². The summed E-state index contributed by atoms with van der Waals surface area (Å²) in [5.41, 5.74) is 2.31. The molecule has 0 saturated carbocycles. The smallest absolute Gasteiger partial charge is 0.260 e. The van der Waals surface area contributed by atoms with Gasteiger partial charge in [-0.05, 0) is 44.2 Å². The van der Waals surface area contributed by atoms with Gasteiger partial charge in [-0.3, -0.25) is 4.79 Å². The van der Waals surface area contributed by atoms with Crippen molar-refractivity contribution in [2.24, 2.45) is 0 Å². The summed E-state index contributed by atoms with van der Waals surface area (Å²) in [6, 6.07) is 16.5. The molecule has 0 N–H and O–H groups in total. The van der Waals surface area contributed by atoms with Crippen molar-refractivity contribution in [2.45, 2.75) is 44.6 Å². The van der Waals surface area contributed by atoms with Crippen molar-refractivity contribution < 1.29 is 14.3 Å². The highest BCUT2D eigenvalue weighted by Gasteiger charge is 2.32. The third-order valence-corrected chi connectivity index (χ3v) is 5.52. The molecule has 4 nitrogen and oxygen atoms in total. The Morgan fingerprint density at radius 3 is 2.59 bits per heavy atom. The second kappa shape index (κ2) is 7.26. The van der Waals surface area contributed by atoms with Crippen LogP contribution in [0.5, 0.6) is 11.5 Å². The summed E-state index contributed by atoms with van der Waals surface area (Å²) in [6.45, 7) is 5.78. The van der Waals surface area contributed by atoms with Gasteiger partial charge in [-0.25, -0.2) is 0 Å². The number of benzene rings is 2. The quantitative estimate of drug-likeness (QED) is 0.816. The van der Waals surface area contributed by atoms with Crippen LogP contribution in [0.4, 0.5) is 0 Å². The number of hydrogen-bond donors (Lipinski definition) is 0. The maximum atomic E-state index is 12.6. The van der Waals surface area contributed by atoms with Crippen molar-refractivity contribution in [3.05, 3.63) is 59.7 Å². The molecule has 0 bridgehead atoms. The predicted octanol–water partition coefficient (Wildman–Crippen LogP) is 4.19. The number of rotatable bonds is 4. The fourth-order valence-electron chi connectivity index (χ4n) is 4.12. The van der Waals surface area contributed by atoms with Gasteiger partial charge >= 0.3 is 0 Å². The molecule has 2 aromatic carbocycles. The van der Waals surface area contributed by atoms with E-state index in [9.17, 15) is 4.79 Å². The monoisotopic (exact) mass is 365 g/mol. The van der Waals surface area contributed by atoms with Gasteiger partial charge in [0.15, 0.2) is 18.1 Å². The second-order valence-electron chi connectivity index (χ2n) is 8.14. The summed E-state index contributed by atoms with van der Waals surface area (Å²) in [7, 11) is 0. The molecule has 2 aliphatic rings. The molecular weight excluding hydrogens is 338 g/mol. The first-order valence-corrected chi connectivity index (χ1v) is 9.78. The zero-order valence-electron chi connectivity index (χ0n) is 16.1. The van der Waals surface area contributed by atoms with Crippen LogP contribution in [-0.4, -0.2) is 36.1 Å². The fraction of sp³-hybridized carbons (Fsp3) is 0.435. The van der Waals surface area contributed by atoms with Crippen molar-refractivity contribution in [1.29, 1.82) is 0 Å². The minimum Gasteiger partial charge on any atom is -0.483 e. The molecule has 0 unspecified atom stereocenters. The van der Waals surface area contributed by atoms with E-state index in [1.165, 1.54) is 5.56 Å². The molecule has 142 valence electrons. The van der Waals surface area contributed by atoms with Crippen molar-refractivity contribution in [3.63, 3.8) is 0 Å². The van der Waals surface area contributed by atoms with Gasteiger partial charge in [0.2, 0.25) is 0 Å². The van der Waals surface area contributed by atoms with Crippen molar-refractivity contribution in [3.8, 4) is 11.5 Å². The van der Waals surface area contributed by atoms with Gasteiger partial charge in [0, 0.05) is 25.1 Å². The number of likely N-dealkylation sites (tertiary alicyclic amines) is 1. The van der Waals surface area contributed by atoms with Crippen LogP contribution in [-0.2, 0) is 11.2 Å². The van der Waals surface area contributed by atoms with Gasteiger partial charge < -0.3 is 14.4 Å². The van der Waals surface area contributed by atoms with Crippen LogP contribution in [0, 0.1) is 0 Å². The summed E-state index contributed by atoms with van der Waals surface area (Å²) in [4.78, 5) is 14.5. The molecule has 1 fully saturated rings. The maximum Gasteiger partial charge on any atom is 0.260 e. The average Bonchev–Trinajstić information content (AvgIpc) is 3.01. The van der Waals surface area contributed by atoms with Gasteiger partial charge in [0.05, 0.1) is 0 Å². The molecule has 2 heterocycles. The number of nitrogens with zero attached hydrogens (tertiary/aromatic N) is 1. The molecule has 2 aromatic rings. The van der Waals surface area contributed by atoms with Crippen LogP contribution < -0.4 is 9.47 Å². The molecular formula is C23H27NO3. The number of piperidine rings is 1. The number of para-hydroxylation sites is 1. The predicted molar refractivity (Wildman–Crippen MR) is 105 cm³/mol. The molecule has 0 aliphatic carbocycles. The molecule has 27 heavy (non-hydrogen) atoms.